The van der Waals surface area contributed by atoms with Crippen molar-refractivity contribution in [3.05, 3.63) is 0 Å². The Labute approximate surface area is 674 Å². The highest BCUT2D eigenvalue weighted by Gasteiger charge is 2.18. The summed E-state index contributed by atoms with van der Waals surface area (Å²) < 4.78 is 22.9. The largest absolute Gasteiger partial charge is 0.481 e. The molecule has 0 aromatic carbocycles. The number of rotatable bonds is 87. The van der Waals surface area contributed by atoms with Crippen LogP contribution in [0, 0.1) is 0 Å². The molecule has 1 amide bonds. The second-order valence-electron chi connectivity index (χ2n) is 32.6. The Morgan fingerprint density at radius 3 is 0.743 bits per heavy atom. The van der Waals surface area contributed by atoms with E-state index in [0.29, 0.717) is 51.7 Å². The summed E-state index contributed by atoms with van der Waals surface area (Å²) in [5.74, 6) is -0.793. The molecule has 0 unspecified atom stereocenters. The first-order valence-electron chi connectivity index (χ1n) is 47.5. The van der Waals surface area contributed by atoms with Crippen LogP contribution in [0.3, 0.4) is 0 Å². The summed E-state index contributed by atoms with van der Waals surface area (Å²) in [5.41, 5.74) is 0. The summed E-state index contributed by atoms with van der Waals surface area (Å²) in [6.45, 7) is 20.5. The van der Waals surface area contributed by atoms with E-state index in [9.17, 15) is 28.8 Å². The number of unbranched alkanes of at least 4 members (excludes halogenated alkanes) is 48. The number of carbonyl (C=O) groups is 6. The van der Waals surface area contributed by atoms with Gasteiger partial charge in [0.25, 0.3) is 0 Å². The van der Waals surface area contributed by atoms with Crippen LogP contribution in [0.1, 0.15) is 491 Å². The zero-order chi connectivity index (χ0) is 80.0. The van der Waals surface area contributed by atoms with Crippen molar-refractivity contribution in [2.45, 2.75) is 503 Å². The van der Waals surface area contributed by atoms with E-state index in [1.807, 2.05) is 0 Å². The minimum Gasteiger partial charge on any atom is -0.481 e. The molecule has 0 saturated heterocycles. The van der Waals surface area contributed by atoms with Gasteiger partial charge in [-0.05, 0) is 168 Å². The van der Waals surface area contributed by atoms with Crippen LogP contribution in [-0.4, -0.2) is 135 Å². The smallest absolute Gasteiger partial charge is 0.306 e. The first kappa shape index (κ1) is 108. The Hall–Kier alpha value is -3.30. The lowest BCUT2D eigenvalue weighted by molar-refractivity contribution is -0.168. The zero-order valence-corrected chi connectivity index (χ0v) is 73.6. The van der Waals surface area contributed by atoms with Crippen molar-refractivity contribution in [3.63, 3.8) is 0 Å². The van der Waals surface area contributed by atoms with Crippen molar-refractivity contribution in [3.8, 4) is 0 Å². The summed E-state index contributed by atoms with van der Waals surface area (Å²) in [6, 6.07) is 0. The van der Waals surface area contributed by atoms with E-state index >= 15 is 0 Å². The van der Waals surface area contributed by atoms with Crippen LogP contribution in [0.2, 0.25) is 0 Å². The molecule has 0 atom stereocenters. The molecule has 0 saturated carbocycles. The molecule has 0 aromatic heterocycles. The Bertz CT molecular complexity index is 1910. The molecule has 0 aromatic rings. The van der Waals surface area contributed by atoms with Gasteiger partial charge in [0.15, 0.2) is 0 Å². The van der Waals surface area contributed by atoms with Gasteiger partial charge in [-0.1, -0.05) is 324 Å². The standard InChI is InChI=1S/C48H94N2O6.C46H89NO6/c1-6-9-12-15-18-27-34-44-55-47(52)39-30-23-19-25-32-41-50(43-35-38-46(51)49(4)54-5)42-33-26-20-24-31-40-48(53)56-45(36-28-21-16-13-10-7-2)37-29-22-17-14-11-8-3;1-4-7-10-13-16-25-32-42-52-45(50)37-28-21-17-23-30-39-47(41-33-36-44(48)49)40-31-24-18-22-29-38-46(51)53-43(34-26-19-14-11-8-5-2)35-27-20-15-12-9-6-3/h45H,6-44H2,1-5H3;43H,4-42H2,1-3H3,(H,48,49). The highest BCUT2D eigenvalue weighted by Crippen LogP contribution is 2.22. The Morgan fingerprint density at radius 1 is 0.257 bits per heavy atom. The maximum Gasteiger partial charge on any atom is 0.306 e. The highest BCUT2D eigenvalue weighted by molar-refractivity contribution is 5.74. The van der Waals surface area contributed by atoms with E-state index in [1.165, 1.54) is 230 Å². The van der Waals surface area contributed by atoms with Gasteiger partial charge in [-0.25, -0.2) is 5.06 Å². The number of amides is 1. The molecule has 15 nitrogen and oxygen atoms in total. The van der Waals surface area contributed by atoms with E-state index in [1.54, 1.807) is 7.05 Å². The van der Waals surface area contributed by atoms with Crippen molar-refractivity contribution in [1.82, 2.24) is 14.9 Å². The molecule has 0 heterocycles. The molecule has 0 aliphatic carbocycles. The molecule has 0 spiro atoms. The third-order valence-electron chi connectivity index (χ3n) is 21.9. The molecule has 15 heteroatoms. The fourth-order valence-corrected chi connectivity index (χ4v) is 14.6. The topological polar surface area (TPSA) is 179 Å². The van der Waals surface area contributed by atoms with Crippen molar-refractivity contribution < 1.29 is 57.7 Å². The molecular weight excluding hydrogens is 1360 g/mol. The number of hydrogen-bond donors (Lipinski definition) is 1. The minimum atomic E-state index is -0.722. The van der Waals surface area contributed by atoms with E-state index in [-0.39, 0.29) is 48.4 Å². The molecule has 0 radical (unpaired) electrons. The van der Waals surface area contributed by atoms with Crippen molar-refractivity contribution in [2.24, 2.45) is 0 Å². The molecule has 646 valence electrons. The lowest BCUT2D eigenvalue weighted by atomic mass is 10.0. The van der Waals surface area contributed by atoms with Crippen molar-refractivity contribution in [1.29, 1.82) is 0 Å². The Morgan fingerprint density at radius 2 is 0.477 bits per heavy atom. The van der Waals surface area contributed by atoms with Crippen LogP contribution in [0.5, 0.6) is 0 Å². The summed E-state index contributed by atoms with van der Waals surface area (Å²) in [7, 11) is 3.19. The molecule has 0 fully saturated rings. The monoisotopic (exact) mass is 1550 g/mol. The number of esters is 4. The average molecular weight is 1550 g/mol. The van der Waals surface area contributed by atoms with Crippen LogP contribution in [-0.2, 0) is 52.6 Å². The third kappa shape index (κ3) is 83.9. The fraction of sp³-hybridized carbons (Fsp3) is 0.936. The molecule has 0 bridgehead atoms. The van der Waals surface area contributed by atoms with Crippen LogP contribution in [0.4, 0.5) is 0 Å². The maximum absolute atomic E-state index is 12.8. The highest BCUT2D eigenvalue weighted by atomic mass is 16.7. The fourth-order valence-electron chi connectivity index (χ4n) is 14.6. The SMILES string of the molecule is CCCCCCCCCOC(=O)CCCCCCCN(CCCCCCCC(=O)OC(CCCCCCCC)CCCCCCCC)CCCC(=O)N(C)OC.CCCCCCCCCOC(=O)CCCCCCCN(CCCCCCCC(=O)OC(CCCCCCCC)CCCCCCCC)CCCC(=O)O. The molecule has 0 rings (SSSR count). The van der Waals surface area contributed by atoms with Gasteiger partial charge < -0.3 is 33.9 Å². The average Bonchev–Trinajstić information content (AvgIpc) is 1.00. The van der Waals surface area contributed by atoms with Gasteiger partial charge in [0.05, 0.1) is 20.3 Å². The van der Waals surface area contributed by atoms with E-state index in [0.717, 1.165) is 225 Å². The molecule has 0 aliphatic rings. The van der Waals surface area contributed by atoms with E-state index < -0.39 is 5.97 Å². The van der Waals surface area contributed by atoms with Crippen molar-refractivity contribution >= 4 is 35.8 Å². The van der Waals surface area contributed by atoms with Gasteiger partial charge in [-0.2, -0.15) is 0 Å². The number of hydroxylamine groups is 2. The lowest BCUT2D eigenvalue weighted by Gasteiger charge is -2.23. The summed E-state index contributed by atoms with van der Waals surface area (Å²) >= 11 is 0. The van der Waals surface area contributed by atoms with Crippen LogP contribution in [0.25, 0.3) is 0 Å². The van der Waals surface area contributed by atoms with Crippen molar-refractivity contribution in [2.75, 3.05) is 66.6 Å². The molecule has 109 heavy (non-hydrogen) atoms. The third-order valence-corrected chi connectivity index (χ3v) is 21.9. The van der Waals surface area contributed by atoms with Gasteiger partial charge in [-0.15, -0.1) is 0 Å². The summed E-state index contributed by atoms with van der Waals surface area (Å²) in [6.07, 6.45) is 77.9. The quantitative estimate of drug-likeness (QED) is 0.0263. The first-order valence-corrected chi connectivity index (χ1v) is 47.5. The van der Waals surface area contributed by atoms with Gasteiger partial charge >= 0.3 is 29.8 Å². The number of carbonyl (C=O) groups excluding carboxylic acids is 5. The van der Waals surface area contributed by atoms with Crippen LogP contribution >= 0.6 is 0 Å². The van der Waals surface area contributed by atoms with Gasteiger partial charge in [0, 0.05) is 45.6 Å². The van der Waals surface area contributed by atoms with Crippen LogP contribution < -0.4 is 0 Å². The number of hydrogen-bond acceptors (Lipinski definition) is 13. The molecule has 1 N–H and O–H groups in total. The second kappa shape index (κ2) is 88.6. The lowest BCUT2D eigenvalue weighted by Crippen LogP contribution is -2.30. The number of nitrogens with zero attached hydrogens (tertiary/aromatic N) is 3. The Kier molecular flexibility index (Phi) is 87.6. The normalized spacial score (nSPS) is 11.5. The Balaban J connectivity index is 0. The summed E-state index contributed by atoms with van der Waals surface area (Å²) in [4.78, 5) is 83.0. The van der Waals surface area contributed by atoms with Gasteiger partial charge in [0.2, 0.25) is 5.91 Å². The van der Waals surface area contributed by atoms with Gasteiger partial charge in [0.1, 0.15) is 12.2 Å². The number of aliphatic carboxylic acids is 1. The van der Waals surface area contributed by atoms with E-state index in [4.69, 9.17) is 28.9 Å². The minimum absolute atomic E-state index is 0.00435. The second-order valence-corrected chi connectivity index (χ2v) is 32.6. The van der Waals surface area contributed by atoms with Crippen LogP contribution in [0.15, 0.2) is 0 Å². The summed E-state index contributed by atoms with van der Waals surface area (Å²) in [5, 5.41) is 10.4. The predicted molar refractivity (Wildman–Crippen MR) is 459 cm³/mol. The number of carboxylic acids is 1. The predicted octanol–water partition coefficient (Wildman–Crippen LogP) is 27.0. The molecule has 0 aliphatic heterocycles. The zero-order valence-electron chi connectivity index (χ0n) is 73.6. The first-order chi connectivity index (χ1) is 53.3. The number of ether oxygens (including phenoxy) is 4. The number of carboxylic acid groups (broad SMARTS) is 1. The molecular formula is C94H183N3O12. The maximum atomic E-state index is 12.8. The van der Waals surface area contributed by atoms with E-state index in [2.05, 4.69) is 51.3 Å². The van der Waals surface area contributed by atoms with Gasteiger partial charge in [-0.3, -0.25) is 33.6 Å².